The second-order valence-electron chi connectivity index (χ2n) is 5.48. The highest BCUT2D eigenvalue weighted by Gasteiger charge is 2.25. The molecule has 0 spiro atoms. The van der Waals surface area contributed by atoms with Gasteiger partial charge in [-0.2, -0.15) is 0 Å². The molecule has 0 radical (unpaired) electrons. The van der Waals surface area contributed by atoms with Crippen LogP contribution in [0.25, 0.3) is 0 Å². The molecular formula is C19H21N. The summed E-state index contributed by atoms with van der Waals surface area (Å²) in [4.78, 5) is 0. The van der Waals surface area contributed by atoms with E-state index in [1.165, 1.54) is 29.5 Å². The Hall–Kier alpha value is -1.86. The number of hydrogen-bond acceptors (Lipinski definition) is 1. The molecule has 20 heavy (non-hydrogen) atoms. The molecule has 0 aliphatic carbocycles. The highest BCUT2D eigenvalue weighted by atomic mass is 14.9. The van der Waals surface area contributed by atoms with Crippen LogP contribution in [0.1, 0.15) is 29.9 Å². The minimum Gasteiger partial charge on any atom is -0.310 e. The fourth-order valence-corrected chi connectivity index (χ4v) is 3.11. The van der Waals surface area contributed by atoms with Crippen LogP contribution in [0, 0.1) is 0 Å². The molecule has 3 rings (SSSR count). The van der Waals surface area contributed by atoms with E-state index in [2.05, 4.69) is 72.6 Å². The molecule has 1 fully saturated rings. The van der Waals surface area contributed by atoms with Crippen LogP contribution in [0.2, 0.25) is 0 Å². The third-order valence-corrected chi connectivity index (χ3v) is 4.14. The number of hydrogen-bond donors (Lipinski definition) is 1. The lowest BCUT2D eigenvalue weighted by molar-refractivity contribution is 0.652. The van der Waals surface area contributed by atoms with E-state index < -0.39 is 0 Å². The first-order valence-corrected chi connectivity index (χ1v) is 7.38. The van der Waals surface area contributed by atoms with Crippen molar-refractivity contribution in [1.29, 1.82) is 0 Å². The molecule has 0 bridgehead atoms. The van der Waals surface area contributed by atoms with Crippen LogP contribution < -0.4 is 5.32 Å². The lowest BCUT2D eigenvalue weighted by atomic mass is 9.82. The monoisotopic (exact) mass is 263 g/mol. The van der Waals surface area contributed by atoms with E-state index in [-0.39, 0.29) is 5.92 Å². The second-order valence-corrected chi connectivity index (χ2v) is 5.48. The molecule has 102 valence electrons. The van der Waals surface area contributed by atoms with Crippen LogP contribution in [0.4, 0.5) is 0 Å². The number of benzene rings is 2. The predicted molar refractivity (Wildman–Crippen MR) is 84.9 cm³/mol. The Balaban J connectivity index is 1.97. The van der Waals surface area contributed by atoms with Gasteiger partial charge in [0.2, 0.25) is 0 Å². The molecular weight excluding hydrogens is 242 g/mol. The molecule has 1 N–H and O–H groups in total. The van der Waals surface area contributed by atoms with Crippen molar-refractivity contribution in [3.05, 3.63) is 83.9 Å². The molecule has 1 saturated heterocycles. The molecule has 1 heterocycles. The third kappa shape index (κ3) is 2.68. The van der Waals surface area contributed by atoms with Gasteiger partial charge in [0.25, 0.3) is 0 Å². The molecule has 0 aromatic heterocycles. The lowest BCUT2D eigenvalue weighted by Gasteiger charge is -2.25. The molecule has 1 aliphatic heterocycles. The quantitative estimate of drug-likeness (QED) is 0.818. The summed E-state index contributed by atoms with van der Waals surface area (Å²) in [5, 5.41) is 3.58. The van der Waals surface area contributed by atoms with Crippen LogP contribution in [0.15, 0.2) is 72.8 Å². The average Bonchev–Trinajstić information content (AvgIpc) is 3.04. The minimum atomic E-state index is 0.285. The smallest absolute Gasteiger partial charge is 0.0311 e. The molecule has 2 aromatic rings. The normalized spacial score (nSPS) is 18.4. The standard InChI is InChI=1S/C19H21N/c1-15(18-13-8-14-20-18)19(16-9-4-2-5-10-16)17-11-6-3-7-12-17/h2-7,9-12,18-20H,1,8,13-14H2/t18-/m1/s1. The van der Waals surface area contributed by atoms with Crippen LogP contribution in [-0.4, -0.2) is 12.6 Å². The lowest BCUT2D eigenvalue weighted by Crippen LogP contribution is -2.26. The Labute approximate surface area is 121 Å². The average molecular weight is 263 g/mol. The van der Waals surface area contributed by atoms with Crippen molar-refractivity contribution in [3.8, 4) is 0 Å². The van der Waals surface area contributed by atoms with Crippen molar-refractivity contribution in [3.63, 3.8) is 0 Å². The van der Waals surface area contributed by atoms with E-state index in [1.54, 1.807) is 0 Å². The summed E-state index contributed by atoms with van der Waals surface area (Å²) >= 11 is 0. The molecule has 0 saturated carbocycles. The Kier molecular flexibility index (Phi) is 3.98. The summed E-state index contributed by atoms with van der Waals surface area (Å²) in [6, 6.07) is 21.9. The molecule has 1 atom stereocenters. The maximum atomic E-state index is 4.43. The van der Waals surface area contributed by atoms with Crippen molar-refractivity contribution < 1.29 is 0 Å². The Bertz CT molecular complexity index is 513. The van der Waals surface area contributed by atoms with Crippen molar-refractivity contribution >= 4 is 0 Å². The molecule has 0 unspecified atom stereocenters. The molecule has 0 amide bonds. The Morgan fingerprint density at radius 2 is 1.50 bits per heavy atom. The summed E-state index contributed by atoms with van der Waals surface area (Å²) in [6.45, 7) is 5.54. The molecule has 2 aromatic carbocycles. The topological polar surface area (TPSA) is 12.0 Å². The Morgan fingerprint density at radius 1 is 0.950 bits per heavy atom. The molecule has 1 heteroatoms. The highest BCUT2D eigenvalue weighted by molar-refractivity contribution is 5.41. The van der Waals surface area contributed by atoms with E-state index in [9.17, 15) is 0 Å². The SMILES string of the molecule is C=C(C(c1ccccc1)c1ccccc1)[C@H]1CCCN1. The largest absolute Gasteiger partial charge is 0.310 e. The van der Waals surface area contributed by atoms with Crippen LogP contribution in [-0.2, 0) is 0 Å². The zero-order chi connectivity index (χ0) is 13.8. The number of nitrogens with one attached hydrogen (secondary N) is 1. The van der Waals surface area contributed by atoms with Crippen LogP contribution >= 0.6 is 0 Å². The molecule has 1 nitrogen and oxygen atoms in total. The van der Waals surface area contributed by atoms with Gasteiger partial charge in [0.1, 0.15) is 0 Å². The first kappa shape index (κ1) is 13.1. The van der Waals surface area contributed by atoms with Crippen molar-refractivity contribution in [1.82, 2.24) is 5.32 Å². The zero-order valence-electron chi connectivity index (χ0n) is 11.8. The molecule has 1 aliphatic rings. The Morgan fingerprint density at radius 3 is 1.95 bits per heavy atom. The van der Waals surface area contributed by atoms with Crippen molar-refractivity contribution in [2.75, 3.05) is 6.54 Å². The fraction of sp³-hybridized carbons (Fsp3) is 0.263. The summed E-state index contributed by atoms with van der Waals surface area (Å²) in [6.07, 6.45) is 2.45. The van der Waals surface area contributed by atoms with Crippen LogP contribution in [0.3, 0.4) is 0 Å². The van der Waals surface area contributed by atoms with E-state index in [4.69, 9.17) is 0 Å². The summed E-state index contributed by atoms with van der Waals surface area (Å²) in [5.74, 6) is 0.285. The van der Waals surface area contributed by atoms with Gasteiger partial charge < -0.3 is 5.32 Å². The van der Waals surface area contributed by atoms with E-state index in [0.29, 0.717) is 6.04 Å². The van der Waals surface area contributed by atoms with Gasteiger partial charge in [-0.15, -0.1) is 0 Å². The zero-order valence-corrected chi connectivity index (χ0v) is 11.8. The van der Waals surface area contributed by atoms with Crippen LogP contribution in [0.5, 0.6) is 0 Å². The van der Waals surface area contributed by atoms with Gasteiger partial charge in [-0.05, 0) is 36.1 Å². The first-order chi connectivity index (χ1) is 9.86. The van der Waals surface area contributed by atoms with E-state index >= 15 is 0 Å². The van der Waals surface area contributed by atoms with Crippen molar-refractivity contribution in [2.45, 2.75) is 24.8 Å². The summed E-state index contributed by atoms with van der Waals surface area (Å²) in [5.41, 5.74) is 3.95. The van der Waals surface area contributed by atoms with E-state index in [0.717, 1.165) is 6.54 Å². The van der Waals surface area contributed by atoms with Gasteiger partial charge in [-0.3, -0.25) is 0 Å². The third-order valence-electron chi connectivity index (χ3n) is 4.14. The maximum absolute atomic E-state index is 4.43. The predicted octanol–water partition coefficient (Wildman–Crippen LogP) is 4.13. The van der Waals surface area contributed by atoms with Gasteiger partial charge in [0.15, 0.2) is 0 Å². The second kappa shape index (κ2) is 6.06. The van der Waals surface area contributed by atoms with Gasteiger partial charge in [0, 0.05) is 12.0 Å². The minimum absolute atomic E-state index is 0.285. The van der Waals surface area contributed by atoms with Gasteiger partial charge in [-0.1, -0.05) is 67.2 Å². The number of rotatable bonds is 4. The van der Waals surface area contributed by atoms with Gasteiger partial charge in [-0.25, -0.2) is 0 Å². The van der Waals surface area contributed by atoms with Crippen molar-refractivity contribution in [2.24, 2.45) is 0 Å². The fourth-order valence-electron chi connectivity index (χ4n) is 3.11. The first-order valence-electron chi connectivity index (χ1n) is 7.38. The van der Waals surface area contributed by atoms with Gasteiger partial charge in [0.05, 0.1) is 0 Å². The summed E-state index contributed by atoms with van der Waals surface area (Å²) in [7, 11) is 0. The highest BCUT2D eigenvalue weighted by Crippen LogP contribution is 2.34. The summed E-state index contributed by atoms with van der Waals surface area (Å²) < 4.78 is 0. The maximum Gasteiger partial charge on any atom is 0.0311 e. The van der Waals surface area contributed by atoms with Gasteiger partial charge >= 0.3 is 0 Å². The van der Waals surface area contributed by atoms with E-state index in [1.807, 2.05) is 0 Å².